The summed E-state index contributed by atoms with van der Waals surface area (Å²) in [7, 11) is 0. The molecule has 0 fully saturated rings. The molecule has 0 unspecified atom stereocenters. The standard InChI is InChI=1S/C19H14O/c1-13-11-19-17(15-9-5-6-10-18(15)20-19)12-16(13)14-7-3-2-4-8-14/h2-12H,1H3. The summed E-state index contributed by atoms with van der Waals surface area (Å²) < 4.78 is 5.92. The van der Waals surface area contributed by atoms with Crippen LogP contribution in [0.25, 0.3) is 33.1 Å². The van der Waals surface area contributed by atoms with Crippen LogP contribution in [-0.4, -0.2) is 0 Å². The number of hydrogen-bond acceptors (Lipinski definition) is 1. The molecule has 0 aliphatic carbocycles. The van der Waals surface area contributed by atoms with Gasteiger partial charge in [-0.2, -0.15) is 0 Å². The van der Waals surface area contributed by atoms with Crippen molar-refractivity contribution in [3.8, 4) is 11.1 Å². The number of para-hydroxylation sites is 1. The largest absolute Gasteiger partial charge is 0.456 e. The Morgan fingerprint density at radius 1 is 0.700 bits per heavy atom. The van der Waals surface area contributed by atoms with E-state index in [9.17, 15) is 0 Å². The van der Waals surface area contributed by atoms with Crippen molar-refractivity contribution >= 4 is 21.9 Å². The average Bonchev–Trinajstić information content (AvgIpc) is 2.84. The maximum absolute atomic E-state index is 5.92. The van der Waals surface area contributed by atoms with Gasteiger partial charge < -0.3 is 4.42 Å². The molecule has 0 radical (unpaired) electrons. The van der Waals surface area contributed by atoms with Crippen LogP contribution in [0.1, 0.15) is 5.56 Å². The quantitative estimate of drug-likeness (QED) is 0.435. The zero-order valence-electron chi connectivity index (χ0n) is 11.3. The van der Waals surface area contributed by atoms with Crippen molar-refractivity contribution in [2.75, 3.05) is 0 Å². The summed E-state index contributed by atoms with van der Waals surface area (Å²) in [5.74, 6) is 0. The van der Waals surface area contributed by atoms with Gasteiger partial charge in [0.15, 0.2) is 0 Å². The Labute approximate surface area is 117 Å². The van der Waals surface area contributed by atoms with E-state index in [0.717, 1.165) is 11.2 Å². The molecule has 0 bridgehead atoms. The van der Waals surface area contributed by atoms with Gasteiger partial charge >= 0.3 is 0 Å². The van der Waals surface area contributed by atoms with E-state index in [4.69, 9.17) is 4.42 Å². The molecule has 96 valence electrons. The fourth-order valence-corrected chi connectivity index (χ4v) is 2.80. The van der Waals surface area contributed by atoms with E-state index < -0.39 is 0 Å². The summed E-state index contributed by atoms with van der Waals surface area (Å²) in [4.78, 5) is 0. The number of aryl methyl sites for hydroxylation is 1. The summed E-state index contributed by atoms with van der Waals surface area (Å²) in [5, 5.41) is 2.37. The van der Waals surface area contributed by atoms with Crippen LogP contribution < -0.4 is 0 Å². The summed E-state index contributed by atoms with van der Waals surface area (Å²) in [6.45, 7) is 2.13. The predicted octanol–water partition coefficient (Wildman–Crippen LogP) is 5.56. The Morgan fingerprint density at radius 2 is 1.45 bits per heavy atom. The van der Waals surface area contributed by atoms with Crippen LogP contribution in [0.5, 0.6) is 0 Å². The molecule has 0 atom stereocenters. The lowest BCUT2D eigenvalue weighted by molar-refractivity contribution is 0.668. The Hall–Kier alpha value is -2.54. The Kier molecular flexibility index (Phi) is 2.40. The molecular weight excluding hydrogens is 244 g/mol. The molecule has 0 amide bonds. The fraction of sp³-hybridized carbons (Fsp3) is 0.0526. The van der Waals surface area contributed by atoms with Crippen molar-refractivity contribution in [3.05, 3.63) is 72.3 Å². The van der Waals surface area contributed by atoms with Crippen LogP contribution in [0.15, 0.2) is 71.1 Å². The second kappa shape index (κ2) is 4.24. The molecule has 0 saturated heterocycles. The minimum absolute atomic E-state index is 0.951. The van der Waals surface area contributed by atoms with Crippen molar-refractivity contribution in [1.82, 2.24) is 0 Å². The maximum Gasteiger partial charge on any atom is 0.135 e. The lowest BCUT2D eigenvalue weighted by Gasteiger charge is -2.06. The van der Waals surface area contributed by atoms with Crippen LogP contribution in [0.2, 0.25) is 0 Å². The molecule has 0 aliphatic rings. The second-order valence-electron chi connectivity index (χ2n) is 5.13. The van der Waals surface area contributed by atoms with Gasteiger partial charge in [0.2, 0.25) is 0 Å². The predicted molar refractivity (Wildman–Crippen MR) is 83.9 cm³/mol. The number of furan rings is 1. The zero-order chi connectivity index (χ0) is 13.5. The molecule has 4 rings (SSSR count). The van der Waals surface area contributed by atoms with Gasteiger partial charge in [-0.1, -0.05) is 48.5 Å². The topological polar surface area (TPSA) is 13.1 Å². The van der Waals surface area contributed by atoms with E-state index in [1.807, 2.05) is 18.2 Å². The van der Waals surface area contributed by atoms with E-state index in [-0.39, 0.29) is 0 Å². The monoisotopic (exact) mass is 258 g/mol. The Morgan fingerprint density at radius 3 is 2.30 bits per heavy atom. The summed E-state index contributed by atoms with van der Waals surface area (Å²) >= 11 is 0. The number of fused-ring (bicyclic) bond motifs is 3. The highest BCUT2D eigenvalue weighted by Crippen LogP contribution is 2.34. The molecule has 0 saturated carbocycles. The molecule has 1 aromatic heterocycles. The van der Waals surface area contributed by atoms with Crippen LogP contribution in [0.3, 0.4) is 0 Å². The first-order chi connectivity index (χ1) is 9.83. The van der Waals surface area contributed by atoms with Crippen molar-refractivity contribution in [3.63, 3.8) is 0 Å². The molecule has 4 aromatic rings. The molecule has 0 aliphatic heterocycles. The van der Waals surface area contributed by atoms with E-state index in [0.29, 0.717) is 0 Å². The summed E-state index contributed by atoms with van der Waals surface area (Å²) in [5.41, 5.74) is 5.67. The lowest BCUT2D eigenvalue weighted by atomic mass is 9.98. The van der Waals surface area contributed by atoms with Gasteiger partial charge in [-0.3, -0.25) is 0 Å². The first kappa shape index (κ1) is 11.3. The first-order valence-corrected chi connectivity index (χ1v) is 6.80. The normalized spacial score (nSPS) is 11.2. The third-order valence-corrected chi connectivity index (χ3v) is 3.81. The van der Waals surface area contributed by atoms with E-state index in [1.54, 1.807) is 0 Å². The first-order valence-electron chi connectivity index (χ1n) is 6.80. The minimum Gasteiger partial charge on any atom is -0.456 e. The molecule has 3 aromatic carbocycles. The molecule has 20 heavy (non-hydrogen) atoms. The zero-order valence-corrected chi connectivity index (χ0v) is 11.3. The highest BCUT2D eigenvalue weighted by atomic mass is 16.3. The number of hydrogen-bond donors (Lipinski definition) is 0. The summed E-state index contributed by atoms with van der Waals surface area (Å²) in [6.07, 6.45) is 0. The minimum atomic E-state index is 0.951. The van der Waals surface area contributed by atoms with Crippen LogP contribution in [0.4, 0.5) is 0 Å². The van der Waals surface area contributed by atoms with Crippen LogP contribution in [0, 0.1) is 6.92 Å². The van der Waals surface area contributed by atoms with E-state index in [1.165, 1.54) is 27.5 Å². The number of rotatable bonds is 1. The van der Waals surface area contributed by atoms with Crippen molar-refractivity contribution < 1.29 is 4.42 Å². The van der Waals surface area contributed by atoms with Gasteiger partial charge in [0, 0.05) is 10.8 Å². The van der Waals surface area contributed by atoms with Gasteiger partial charge in [0.1, 0.15) is 11.2 Å². The molecule has 0 N–H and O–H groups in total. The fourth-order valence-electron chi connectivity index (χ4n) is 2.80. The van der Waals surface area contributed by atoms with Crippen LogP contribution >= 0.6 is 0 Å². The van der Waals surface area contributed by atoms with Gasteiger partial charge in [0.05, 0.1) is 0 Å². The van der Waals surface area contributed by atoms with Gasteiger partial charge in [-0.05, 0) is 41.8 Å². The second-order valence-corrected chi connectivity index (χ2v) is 5.13. The Balaban J connectivity index is 2.08. The molecular formula is C19H14O. The van der Waals surface area contributed by atoms with Gasteiger partial charge in [-0.15, -0.1) is 0 Å². The number of benzene rings is 3. The van der Waals surface area contributed by atoms with Gasteiger partial charge in [0.25, 0.3) is 0 Å². The third-order valence-electron chi connectivity index (χ3n) is 3.81. The van der Waals surface area contributed by atoms with Crippen LogP contribution in [-0.2, 0) is 0 Å². The third kappa shape index (κ3) is 1.64. The maximum atomic E-state index is 5.92. The lowest BCUT2D eigenvalue weighted by Crippen LogP contribution is -1.82. The van der Waals surface area contributed by atoms with Crippen molar-refractivity contribution in [2.24, 2.45) is 0 Å². The van der Waals surface area contributed by atoms with Gasteiger partial charge in [-0.25, -0.2) is 0 Å². The Bertz CT molecular complexity index is 901. The summed E-state index contributed by atoms with van der Waals surface area (Å²) in [6, 6.07) is 23.1. The highest BCUT2D eigenvalue weighted by molar-refractivity contribution is 6.06. The molecule has 1 heterocycles. The SMILES string of the molecule is Cc1cc2oc3ccccc3c2cc1-c1ccccc1. The smallest absolute Gasteiger partial charge is 0.135 e. The highest BCUT2D eigenvalue weighted by Gasteiger charge is 2.10. The van der Waals surface area contributed by atoms with Crippen molar-refractivity contribution in [2.45, 2.75) is 6.92 Å². The van der Waals surface area contributed by atoms with E-state index in [2.05, 4.69) is 55.5 Å². The molecule has 0 spiro atoms. The molecule has 1 heteroatoms. The molecule has 1 nitrogen and oxygen atoms in total. The van der Waals surface area contributed by atoms with Crippen molar-refractivity contribution in [1.29, 1.82) is 0 Å². The average molecular weight is 258 g/mol. The van der Waals surface area contributed by atoms with E-state index >= 15 is 0 Å².